The molecule has 2 aromatic rings. The summed E-state index contributed by atoms with van der Waals surface area (Å²) >= 11 is 5.88. The van der Waals surface area contributed by atoms with Gasteiger partial charge in [-0.2, -0.15) is 0 Å². The molecule has 0 unspecified atom stereocenters. The van der Waals surface area contributed by atoms with E-state index in [9.17, 15) is 9.59 Å². The molecule has 0 N–H and O–H groups in total. The first-order valence-electron chi connectivity index (χ1n) is 7.12. The lowest BCUT2D eigenvalue weighted by molar-refractivity contribution is -0.119. The van der Waals surface area contributed by atoms with Crippen molar-refractivity contribution < 1.29 is 9.59 Å². The number of amides is 3. The van der Waals surface area contributed by atoms with Crippen molar-refractivity contribution in [3.8, 4) is 0 Å². The van der Waals surface area contributed by atoms with Crippen molar-refractivity contribution in [2.45, 2.75) is 19.0 Å². The molecule has 22 heavy (non-hydrogen) atoms. The third-order valence-corrected chi connectivity index (χ3v) is 4.53. The molecule has 2 aliphatic heterocycles. The van der Waals surface area contributed by atoms with E-state index in [1.807, 2.05) is 24.3 Å². The molecule has 4 rings (SSSR count). The Bertz CT molecular complexity index is 729. The number of halogens is 1. The van der Waals surface area contributed by atoms with Crippen molar-refractivity contribution in [2.24, 2.45) is 0 Å². The average molecular weight is 313 g/mol. The van der Waals surface area contributed by atoms with E-state index < -0.39 is 6.04 Å². The van der Waals surface area contributed by atoms with Gasteiger partial charge >= 0.3 is 6.03 Å². The molecule has 1 atom stereocenters. The Morgan fingerprint density at radius 1 is 0.955 bits per heavy atom. The first-order valence-corrected chi connectivity index (χ1v) is 7.50. The summed E-state index contributed by atoms with van der Waals surface area (Å²) < 4.78 is 0. The monoisotopic (exact) mass is 312 g/mol. The molecule has 0 bridgehead atoms. The molecule has 2 heterocycles. The lowest BCUT2D eigenvalue weighted by Gasteiger charge is -2.28. The molecule has 0 aliphatic carbocycles. The SMILES string of the molecule is O=C1[C@@H]2Cc3ccccc3CN2C(=O)N1c1ccc(Cl)cc1. The zero-order valence-electron chi connectivity index (χ0n) is 11.7. The number of fused-ring (bicyclic) bond motifs is 2. The van der Waals surface area contributed by atoms with E-state index in [1.54, 1.807) is 29.2 Å². The second-order valence-corrected chi connectivity index (χ2v) is 5.99. The van der Waals surface area contributed by atoms with Crippen LogP contribution in [0, 0.1) is 0 Å². The van der Waals surface area contributed by atoms with Gasteiger partial charge in [0.2, 0.25) is 0 Å². The Hall–Kier alpha value is -2.33. The van der Waals surface area contributed by atoms with Gasteiger partial charge in [-0.3, -0.25) is 4.79 Å². The second kappa shape index (κ2) is 4.85. The Balaban J connectivity index is 1.71. The number of urea groups is 1. The zero-order chi connectivity index (χ0) is 15.3. The Morgan fingerprint density at radius 3 is 2.36 bits per heavy atom. The predicted octanol–water partition coefficient (Wildman–Crippen LogP) is 3.23. The number of imide groups is 1. The highest BCUT2D eigenvalue weighted by Gasteiger charge is 2.47. The standard InChI is InChI=1S/C17H13ClN2O2/c18-13-5-7-14(8-6-13)20-16(21)15-9-11-3-1-2-4-12(11)10-19(15)17(20)22/h1-8,15H,9-10H2/t15-/m0/s1. The van der Waals surface area contributed by atoms with Gasteiger partial charge in [-0.1, -0.05) is 35.9 Å². The van der Waals surface area contributed by atoms with Gasteiger partial charge in [0.05, 0.1) is 5.69 Å². The van der Waals surface area contributed by atoms with Crippen LogP contribution in [0.5, 0.6) is 0 Å². The van der Waals surface area contributed by atoms with Crippen LogP contribution < -0.4 is 4.90 Å². The van der Waals surface area contributed by atoms with Crippen molar-refractivity contribution in [3.05, 3.63) is 64.7 Å². The van der Waals surface area contributed by atoms with Gasteiger partial charge in [-0.25, -0.2) is 9.69 Å². The van der Waals surface area contributed by atoms with E-state index in [2.05, 4.69) is 0 Å². The smallest absolute Gasteiger partial charge is 0.307 e. The van der Waals surface area contributed by atoms with E-state index in [0.29, 0.717) is 23.7 Å². The van der Waals surface area contributed by atoms with Crippen LogP contribution in [-0.4, -0.2) is 22.9 Å². The molecule has 1 saturated heterocycles. The average Bonchev–Trinajstić information content (AvgIpc) is 2.78. The minimum atomic E-state index is -0.405. The predicted molar refractivity (Wildman–Crippen MR) is 83.8 cm³/mol. The molecular weight excluding hydrogens is 300 g/mol. The fraction of sp³-hybridized carbons (Fsp3) is 0.176. The zero-order valence-corrected chi connectivity index (χ0v) is 12.5. The largest absolute Gasteiger partial charge is 0.332 e. The molecule has 0 aromatic heterocycles. The summed E-state index contributed by atoms with van der Waals surface area (Å²) in [6.07, 6.45) is 0.574. The van der Waals surface area contributed by atoms with E-state index in [0.717, 1.165) is 11.1 Å². The Morgan fingerprint density at radius 2 is 1.64 bits per heavy atom. The van der Waals surface area contributed by atoms with Crippen LogP contribution in [0.1, 0.15) is 11.1 Å². The van der Waals surface area contributed by atoms with E-state index in [4.69, 9.17) is 11.6 Å². The Labute approximate surface area is 132 Å². The number of carbonyl (C=O) groups is 2. The van der Waals surface area contributed by atoms with E-state index >= 15 is 0 Å². The van der Waals surface area contributed by atoms with E-state index in [1.165, 1.54) is 4.90 Å². The molecule has 0 radical (unpaired) electrons. The van der Waals surface area contributed by atoms with Gasteiger partial charge in [-0.15, -0.1) is 0 Å². The fourth-order valence-corrected chi connectivity index (χ4v) is 3.27. The highest BCUT2D eigenvalue weighted by Crippen LogP contribution is 2.33. The lowest BCUT2D eigenvalue weighted by atomic mass is 9.95. The number of nitrogens with zero attached hydrogens (tertiary/aromatic N) is 2. The topological polar surface area (TPSA) is 40.6 Å². The van der Waals surface area contributed by atoms with Crippen LogP contribution in [0.2, 0.25) is 5.02 Å². The summed E-state index contributed by atoms with van der Waals surface area (Å²) in [6.45, 7) is 0.482. The van der Waals surface area contributed by atoms with E-state index in [-0.39, 0.29) is 11.9 Å². The van der Waals surface area contributed by atoms with Crippen LogP contribution in [0.25, 0.3) is 0 Å². The van der Waals surface area contributed by atoms with Crippen LogP contribution in [-0.2, 0) is 17.8 Å². The maximum Gasteiger partial charge on any atom is 0.332 e. The van der Waals surface area contributed by atoms with Gasteiger partial charge in [-0.05, 0) is 35.4 Å². The van der Waals surface area contributed by atoms with Crippen LogP contribution in [0.4, 0.5) is 10.5 Å². The molecule has 4 nitrogen and oxygen atoms in total. The molecule has 0 saturated carbocycles. The highest BCUT2D eigenvalue weighted by atomic mass is 35.5. The number of benzene rings is 2. The number of anilines is 1. The Kier molecular flexibility index (Phi) is 2.94. The quantitative estimate of drug-likeness (QED) is 0.759. The third kappa shape index (κ3) is 1.91. The minimum Gasteiger partial charge on any atom is -0.307 e. The summed E-state index contributed by atoms with van der Waals surface area (Å²) in [7, 11) is 0. The van der Waals surface area contributed by atoms with Crippen LogP contribution >= 0.6 is 11.6 Å². The fourth-order valence-electron chi connectivity index (χ4n) is 3.14. The van der Waals surface area contributed by atoms with Gasteiger partial charge in [0.15, 0.2) is 0 Å². The minimum absolute atomic E-state index is 0.165. The van der Waals surface area contributed by atoms with Crippen molar-refractivity contribution in [1.82, 2.24) is 4.90 Å². The molecule has 0 spiro atoms. The van der Waals surface area contributed by atoms with Gasteiger partial charge in [0.25, 0.3) is 5.91 Å². The summed E-state index contributed by atoms with van der Waals surface area (Å²) in [4.78, 5) is 28.2. The second-order valence-electron chi connectivity index (χ2n) is 5.55. The number of hydrogen-bond donors (Lipinski definition) is 0. The van der Waals surface area contributed by atoms with Crippen LogP contribution in [0.15, 0.2) is 48.5 Å². The molecule has 1 fully saturated rings. The number of carbonyl (C=O) groups excluding carboxylic acids is 2. The summed E-state index contributed by atoms with van der Waals surface area (Å²) in [5.74, 6) is -0.165. The van der Waals surface area contributed by atoms with Gasteiger partial charge < -0.3 is 4.90 Å². The van der Waals surface area contributed by atoms with Gasteiger partial charge in [0, 0.05) is 18.0 Å². The third-order valence-electron chi connectivity index (χ3n) is 4.28. The summed E-state index contributed by atoms with van der Waals surface area (Å²) in [6, 6.07) is 14.1. The normalized spacial score (nSPS) is 20.1. The molecule has 2 aliphatic rings. The molecule has 3 amide bonds. The van der Waals surface area contributed by atoms with Crippen molar-refractivity contribution in [2.75, 3.05) is 4.90 Å². The summed E-state index contributed by atoms with van der Waals surface area (Å²) in [5, 5.41) is 0.577. The molecule has 5 heteroatoms. The highest BCUT2D eigenvalue weighted by molar-refractivity contribution is 6.30. The van der Waals surface area contributed by atoms with Crippen LogP contribution in [0.3, 0.4) is 0 Å². The lowest BCUT2D eigenvalue weighted by Crippen LogP contribution is -2.39. The first kappa shape index (κ1) is 13.3. The molecule has 2 aromatic carbocycles. The van der Waals surface area contributed by atoms with Crippen molar-refractivity contribution in [3.63, 3.8) is 0 Å². The van der Waals surface area contributed by atoms with Crippen molar-refractivity contribution in [1.29, 1.82) is 0 Å². The van der Waals surface area contributed by atoms with Crippen molar-refractivity contribution >= 4 is 29.2 Å². The van der Waals surface area contributed by atoms with Gasteiger partial charge in [0.1, 0.15) is 6.04 Å². The summed E-state index contributed by atoms with van der Waals surface area (Å²) in [5.41, 5.74) is 2.82. The maximum absolute atomic E-state index is 12.7. The molecular formula is C17H13ClN2O2. The molecule has 110 valence electrons. The first-order chi connectivity index (χ1) is 10.6. The number of rotatable bonds is 1. The maximum atomic E-state index is 12.7. The number of hydrogen-bond acceptors (Lipinski definition) is 2.